The largest absolute Gasteiger partial charge is 0.347 e. The zero-order chi connectivity index (χ0) is 21.3. The fourth-order valence-electron chi connectivity index (χ4n) is 4.17. The topological polar surface area (TPSA) is 78.5 Å². The maximum atomic E-state index is 13.2. The summed E-state index contributed by atoms with van der Waals surface area (Å²) in [5, 5.41) is 5.88. The number of imide groups is 1. The van der Waals surface area contributed by atoms with Crippen molar-refractivity contribution >= 4 is 17.8 Å². The van der Waals surface area contributed by atoms with E-state index in [1.54, 1.807) is 0 Å². The molecule has 2 aliphatic rings. The van der Waals surface area contributed by atoms with Crippen LogP contribution in [-0.2, 0) is 15.1 Å². The number of hydrogen-bond acceptors (Lipinski definition) is 3. The molecule has 2 N–H and O–H groups in total. The molecule has 30 heavy (non-hydrogen) atoms. The minimum absolute atomic E-state index is 0.0936. The van der Waals surface area contributed by atoms with Crippen LogP contribution in [0.4, 0.5) is 4.79 Å². The average molecular weight is 405 g/mol. The Morgan fingerprint density at radius 1 is 1.13 bits per heavy atom. The van der Waals surface area contributed by atoms with Crippen LogP contribution in [0.15, 0.2) is 54.6 Å². The second kappa shape index (κ2) is 7.94. The predicted octanol–water partition coefficient (Wildman–Crippen LogP) is 3.42. The molecule has 0 bridgehead atoms. The van der Waals surface area contributed by atoms with Crippen molar-refractivity contribution in [2.45, 2.75) is 44.7 Å². The highest BCUT2D eigenvalue weighted by Gasteiger charge is 2.51. The van der Waals surface area contributed by atoms with Gasteiger partial charge in [0.2, 0.25) is 5.91 Å². The summed E-state index contributed by atoms with van der Waals surface area (Å²) >= 11 is 0. The lowest BCUT2D eigenvalue weighted by Crippen LogP contribution is -2.45. The zero-order valence-corrected chi connectivity index (χ0v) is 17.4. The van der Waals surface area contributed by atoms with Crippen molar-refractivity contribution in [2.75, 3.05) is 6.54 Å². The number of benzene rings is 2. The second-order valence-corrected chi connectivity index (χ2v) is 8.24. The Kier molecular flexibility index (Phi) is 5.33. The minimum Gasteiger partial charge on any atom is -0.347 e. The predicted molar refractivity (Wildman–Crippen MR) is 113 cm³/mol. The fourth-order valence-corrected chi connectivity index (χ4v) is 4.17. The van der Waals surface area contributed by atoms with Gasteiger partial charge in [-0.1, -0.05) is 67.1 Å². The summed E-state index contributed by atoms with van der Waals surface area (Å²) in [5.41, 5.74) is 1.83. The van der Waals surface area contributed by atoms with Crippen molar-refractivity contribution < 1.29 is 14.4 Å². The van der Waals surface area contributed by atoms with E-state index in [9.17, 15) is 14.4 Å². The van der Waals surface area contributed by atoms with Crippen molar-refractivity contribution in [3.05, 3.63) is 71.3 Å². The summed E-state index contributed by atoms with van der Waals surface area (Å²) in [6.45, 7) is 3.60. The Morgan fingerprint density at radius 2 is 1.80 bits per heavy atom. The molecule has 1 saturated heterocycles. The molecular weight excluding hydrogens is 378 g/mol. The highest BCUT2D eigenvalue weighted by Crippen LogP contribution is 2.41. The van der Waals surface area contributed by atoms with Gasteiger partial charge >= 0.3 is 6.03 Å². The van der Waals surface area contributed by atoms with Gasteiger partial charge in [0, 0.05) is 0 Å². The van der Waals surface area contributed by atoms with Gasteiger partial charge in [0.05, 0.1) is 6.04 Å². The van der Waals surface area contributed by atoms with Crippen LogP contribution in [0, 0.1) is 12.8 Å². The molecule has 2 aromatic carbocycles. The van der Waals surface area contributed by atoms with Crippen LogP contribution < -0.4 is 10.6 Å². The van der Waals surface area contributed by atoms with E-state index in [0.717, 1.165) is 34.4 Å². The van der Waals surface area contributed by atoms with Gasteiger partial charge in [0.15, 0.2) is 0 Å². The van der Waals surface area contributed by atoms with Gasteiger partial charge in [-0.15, -0.1) is 0 Å². The Labute approximate surface area is 176 Å². The normalized spacial score (nSPS) is 22.0. The number of carbonyl (C=O) groups excluding carboxylic acids is 3. The molecule has 6 heteroatoms. The maximum Gasteiger partial charge on any atom is 0.325 e. The monoisotopic (exact) mass is 405 g/mol. The van der Waals surface area contributed by atoms with Crippen LogP contribution >= 0.6 is 0 Å². The number of rotatable bonds is 7. The highest BCUT2D eigenvalue weighted by molar-refractivity contribution is 6.09. The molecule has 0 radical (unpaired) electrons. The number of nitrogens with one attached hydrogen (secondary N) is 2. The quantitative estimate of drug-likeness (QED) is 0.693. The molecule has 2 aromatic rings. The molecule has 1 aliphatic carbocycles. The van der Waals surface area contributed by atoms with Crippen LogP contribution in [0.5, 0.6) is 0 Å². The molecular formula is C24H27N3O3. The van der Waals surface area contributed by atoms with E-state index < -0.39 is 11.6 Å². The summed E-state index contributed by atoms with van der Waals surface area (Å²) in [4.78, 5) is 39.7. The third-order valence-electron chi connectivity index (χ3n) is 6.12. The first-order chi connectivity index (χ1) is 14.4. The number of amides is 4. The summed E-state index contributed by atoms with van der Waals surface area (Å²) in [6.07, 6.45) is 2.54. The molecule has 6 nitrogen and oxygen atoms in total. The van der Waals surface area contributed by atoms with E-state index >= 15 is 0 Å². The minimum atomic E-state index is -1.12. The number of nitrogens with zero attached hydrogens (tertiary/aromatic N) is 1. The van der Waals surface area contributed by atoms with E-state index in [1.165, 1.54) is 0 Å². The lowest BCUT2D eigenvalue weighted by molar-refractivity contribution is -0.135. The average Bonchev–Trinajstić information content (AvgIpc) is 3.57. The van der Waals surface area contributed by atoms with E-state index in [2.05, 4.69) is 10.6 Å². The molecule has 2 unspecified atom stereocenters. The molecule has 1 saturated carbocycles. The molecule has 4 amide bonds. The lowest BCUT2D eigenvalue weighted by atomic mass is 9.87. The van der Waals surface area contributed by atoms with E-state index in [-0.39, 0.29) is 24.4 Å². The first kappa shape index (κ1) is 20.1. The Bertz CT molecular complexity index is 953. The van der Waals surface area contributed by atoms with Crippen molar-refractivity contribution in [1.82, 2.24) is 15.5 Å². The van der Waals surface area contributed by atoms with Crippen LogP contribution in [0.3, 0.4) is 0 Å². The third kappa shape index (κ3) is 3.70. The fraction of sp³-hybridized carbons (Fsp3) is 0.375. The van der Waals surface area contributed by atoms with Crippen LogP contribution in [0.2, 0.25) is 0 Å². The number of aryl methyl sites for hydroxylation is 1. The zero-order valence-electron chi connectivity index (χ0n) is 17.4. The van der Waals surface area contributed by atoms with Crippen LogP contribution in [0.25, 0.3) is 0 Å². The second-order valence-electron chi connectivity index (χ2n) is 8.24. The first-order valence-corrected chi connectivity index (χ1v) is 10.5. The summed E-state index contributed by atoms with van der Waals surface area (Å²) < 4.78 is 0. The van der Waals surface area contributed by atoms with Gasteiger partial charge in [0.1, 0.15) is 12.1 Å². The van der Waals surface area contributed by atoms with Gasteiger partial charge < -0.3 is 10.6 Å². The van der Waals surface area contributed by atoms with Gasteiger partial charge in [-0.05, 0) is 43.2 Å². The summed E-state index contributed by atoms with van der Waals surface area (Å²) in [7, 11) is 0. The molecule has 2 fully saturated rings. The van der Waals surface area contributed by atoms with Gasteiger partial charge in [0.25, 0.3) is 5.91 Å². The first-order valence-electron chi connectivity index (χ1n) is 10.5. The Balaban J connectivity index is 1.49. The summed E-state index contributed by atoms with van der Waals surface area (Å²) in [6, 6.07) is 16.7. The smallest absolute Gasteiger partial charge is 0.325 e. The highest BCUT2D eigenvalue weighted by atomic mass is 16.2. The van der Waals surface area contributed by atoms with Crippen molar-refractivity contribution in [3.8, 4) is 0 Å². The van der Waals surface area contributed by atoms with Crippen molar-refractivity contribution in [1.29, 1.82) is 0 Å². The standard InChI is InChI=1S/C24H27N3O3/c1-3-24(19-7-5-4-6-8-19)22(29)27(23(30)26-24)15-20(28)25-21(18-13-14-18)17-11-9-16(2)10-12-17/h4-12,18,21H,3,13-15H2,1-2H3,(H,25,28)(H,26,30). The van der Waals surface area contributed by atoms with Crippen molar-refractivity contribution in [3.63, 3.8) is 0 Å². The molecule has 156 valence electrons. The number of urea groups is 1. The van der Waals surface area contributed by atoms with E-state index in [1.807, 2.05) is 68.4 Å². The van der Waals surface area contributed by atoms with E-state index in [0.29, 0.717) is 12.3 Å². The molecule has 1 heterocycles. The van der Waals surface area contributed by atoms with Crippen LogP contribution in [-0.4, -0.2) is 29.3 Å². The molecule has 2 atom stereocenters. The number of hydrogen-bond donors (Lipinski definition) is 2. The maximum absolute atomic E-state index is 13.2. The summed E-state index contributed by atoms with van der Waals surface area (Å²) in [5.74, 6) is -0.301. The SMILES string of the molecule is CCC1(c2ccccc2)NC(=O)N(CC(=O)NC(c2ccc(C)cc2)C2CC2)C1=O. The van der Waals surface area contributed by atoms with E-state index in [4.69, 9.17) is 0 Å². The number of carbonyl (C=O) groups is 3. The molecule has 0 spiro atoms. The molecule has 1 aliphatic heterocycles. The lowest BCUT2D eigenvalue weighted by Gasteiger charge is -2.26. The molecule has 0 aromatic heterocycles. The third-order valence-corrected chi connectivity index (χ3v) is 6.12. The van der Waals surface area contributed by atoms with Crippen LogP contribution in [0.1, 0.15) is 48.9 Å². The molecule has 4 rings (SSSR count). The van der Waals surface area contributed by atoms with Crippen molar-refractivity contribution in [2.24, 2.45) is 5.92 Å². The Morgan fingerprint density at radius 3 is 2.40 bits per heavy atom. The Hall–Kier alpha value is -3.15. The van der Waals surface area contributed by atoms with Gasteiger partial charge in [-0.3, -0.25) is 14.5 Å². The van der Waals surface area contributed by atoms with Gasteiger partial charge in [-0.25, -0.2) is 4.79 Å². The van der Waals surface area contributed by atoms with Gasteiger partial charge in [-0.2, -0.15) is 0 Å².